The van der Waals surface area contributed by atoms with Crippen LogP contribution in [0, 0.1) is 17.2 Å². The van der Waals surface area contributed by atoms with Gasteiger partial charge in [-0.15, -0.1) is 0 Å². The number of alkyl halides is 3. The summed E-state index contributed by atoms with van der Waals surface area (Å²) in [6, 6.07) is 7.37. The lowest BCUT2D eigenvalue weighted by Gasteiger charge is -2.42. The molecule has 3 aromatic rings. The van der Waals surface area contributed by atoms with Gasteiger partial charge in [-0.3, -0.25) is 39.1 Å². The Kier molecular flexibility index (Phi) is 11.9. The molecule has 1 unspecified atom stereocenters. The molecule has 2 aromatic heterocycles. The number of nitrogens with one attached hydrogen (secondary N) is 2. The van der Waals surface area contributed by atoms with Gasteiger partial charge < -0.3 is 15.0 Å². The molecule has 0 radical (unpaired) electrons. The van der Waals surface area contributed by atoms with Gasteiger partial charge in [-0.1, -0.05) is 6.07 Å². The van der Waals surface area contributed by atoms with Crippen LogP contribution in [0.1, 0.15) is 90.3 Å². The molecule has 0 spiro atoms. The van der Waals surface area contributed by atoms with Crippen molar-refractivity contribution in [3.63, 3.8) is 0 Å². The number of aromatic nitrogens is 3. The second-order valence-corrected chi connectivity index (χ2v) is 17.2. The number of hydrogen-bond donors (Lipinski definition) is 2. The lowest BCUT2D eigenvalue weighted by molar-refractivity contribution is -0.138. The van der Waals surface area contributed by atoms with Gasteiger partial charge in [-0.2, -0.15) is 23.5 Å². The number of benzene rings is 1. The van der Waals surface area contributed by atoms with Crippen LogP contribution in [-0.4, -0.2) is 103 Å². The number of halogens is 3. The summed E-state index contributed by atoms with van der Waals surface area (Å²) >= 11 is 5.73. The Labute approximate surface area is 351 Å². The van der Waals surface area contributed by atoms with Gasteiger partial charge in [0.25, 0.3) is 5.91 Å². The van der Waals surface area contributed by atoms with Gasteiger partial charge in [0, 0.05) is 50.1 Å². The van der Waals surface area contributed by atoms with E-state index >= 15 is 0 Å². The van der Waals surface area contributed by atoms with Crippen molar-refractivity contribution in [2.24, 2.45) is 13.0 Å². The smallest absolute Gasteiger partial charge is 0.378 e. The number of piperidine rings is 1. The van der Waals surface area contributed by atoms with E-state index in [2.05, 4.69) is 39.5 Å². The predicted octanol–water partition coefficient (Wildman–Crippen LogP) is 5.86. The highest BCUT2D eigenvalue weighted by Crippen LogP contribution is 2.41. The lowest BCUT2D eigenvalue weighted by atomic mass is 9.85. The van der Waals surface area contributed by atoms with Crippen LogP contribution in [0.5, 0.6) is 0 Å². The minimum absolute atomic E-state index is 0.0317. The van der Waals surface area contributed by atoms with Crippen LogP contribution in [0.2, 0.25) is 0 Å². The van der Waals surface area contributed by atoms with Gasteiger partial charge in [0.1, 0.15) is 11.6 Å². The highest BCUT2D eigenvalue weighted by atomic mass is 32.1. The third-order valence-electron chi connectivity index (χ3n) is 12.4. The first kappa shape index (κ1) is 42.9. The summed E-state index contributed by atoms with van der Waals surface area (Å²) < 4.78 is 49.2. The number of likely N-dealkylation sites (tertiary alicyclic amines) is 1. The maximum Gasteiger partial charge on any atom is 0.419 e. The van der Waals surface area contributed by atoms with E-state index in [0.717, 1.165) is 49.3 Å². The molecule has 1 aromatic carbocycles. The molecule has 320 valence electrons. The van der Waals surface area contributed by atoms with Gasteiger partial charge in [0.2, 0.25) is 11.8 Å². The van der Waals surface area contributed by atoms with E-state index in [1.54, 1.807) is 31.6 Å². The van der Waals surface area contributed by atoms with E-state index in [9.17, 15) is 37.6 Å². The van der Waals surface area contributed by atoms with Gasteiger partial charge in [-0.05, 0) is 109 Å². The fourth-order valence-corrected chi connectivity index (χ4v) is 10.0. The number of nitrogens with zero attached hydrogens (tertiary/aromatic N) is 8. The van der Waals surface area contributed by atoms with Crippen LogP contribution >= 0.6 is 12.2 Å². The highest BCUT2D eigenvalue weighted by molar-refractivity contribution is 7.80. The molecule has 2 N–H and O–H groups in total. The molecule has 5 amide bonds. The van der Waals surface area contributed by atoms with Crippen molar-refractivity contribution in [1.29, 1.82) is 5.26 Å². The topological polar surface area (TPSA) is 169 Å². The van der Waals surface area contributed by atoms with Crippen molar-refractivity contribution in [2.75, 3.05) is 34.8 Å². The predicted molar refractivity (Wildman–Crippen MR) is 220 cm³/mol. The molecule has 5 heterocycles. The first-order valence-corrected chi connectivity index (χ1v) is 20.7. The average Bonchev–Trinajstić information content (AvgIpc) is 3.61. The van der Waals surface area contributed by atoms with E-state index in [0.29, 0.717) is 47.8 Å². The number of urea groups is 1. The lowest BCUT2D eigenvalue weighted by Crippen LogP contribution is -2.51. The number of carbonyl (C=O) groups is 4. The maximum absolute atomic E-state index is 13.7. The molecule has 4 fully saturated rings. The molecule has 3 saturated heterocycles. The van der Waals surface area contributed by atoms with Gasteiger partial charge >= 0.3 is 12.2 Å². The highest BCUT2D eigenvalue weighted by Gasteiger charge is 2.53. The summed E-state index contributed by atoms with van der Waals surface area (Å²) in [5.41, 5.74) is -1.95. The van der Waals surface area contributed by atoms with Gasteiger partial charge in [-0.25, -0.2) is 9.78 Å². The number of para-hydroxylation sites is 1. The van der Waals surface area contributed by atoms with Crippen LogP contribution in [0.4, 0.5) is 35.2 Å². The molecular formula is C41H49F3N10O5S. The number of anilines is 3. The number of hydrogen-bond acceptors (Lipinski definition) is 10. The molecule has 0 bridgehead atoms. The third kappa shape index (κ3) is 8.28. The van der Waals surface area contributed by atoms with Gasteiger partial charge in [0.05, 0.1) is 41.3 Å². The molecule has 3 atom stereocenters. The van der Waals surface area contributed by atoms with Crippen LogP contribution in [-0.2, 0) is 32.3 Å². The molecule has 60 heavy (non-hydrogen) atoms. The van der Waals surface area contributed by atoms with E-state index in [-0.39, 0.29) is 66.4 Å². The van der Waals surface area contributed by atoms with E-state index in [1.165, 1.54) is 11.0 Å². The number of pyridine rings is 1. The Morgan fingerprint density at radius 3 is 2.47 bits per heavy atom. The Balaban J connectivity index is 0.884. The first-order valence-electron chi connectivity index (χ1n) is 20.3. The molecule has 1 aliphatic carbocycles. The summed E-state index contributed by atoms with van der Waals surface area (Å²) in [5.74, 6) is -0.0943. The Bertz CT molecular complexity index is 2240. The fraction of sp³-hybridized carbons (Fsp3) is 0.561. The van der Waals surface area contributed by atoms with Crippen molar-refractivity contribution in [2.45, 2.75) is 115 Å². The zero-order valence-corrected chi connectivity index (χ0v) is 35.0. The molecular weight excluding hydrogens is 802 g/mol. The standard InChI is InChI=1S/C41H49F3N10O5S/c1-23-17-25(18-24(2)52(23)22-34(56)47-31-8-6-7-29-35(31)50(5)49-36(29)51-15-13-33(55)48-38(51)58)14-16-59-28-11-9-26(10-12-28)54-39(60)53(37(57)40(54,3)4)27-19-30(41(42,43)44)32(20-45)46-21-27/h6-8,19,21,23-26,28H,9-18,22H2,1-5H3,(H,47,56)(H,48,55,58)/t23-,24+,25?,26-,28-. The average molecular weight is 851 g/mol. The van der Waals surface area contributed by atoms with Crippen molar-refractivity contribution in [3.8, 4) is 6.07 Å². The maximum atomic E-state index is 13.7. The van der Waals surface area contributed by atoms with Crippen LogP contribution < -0.4 is 20.4 Å². The van der Waals surface area contributed by atoms with Crippen molar-refractivity contribution >= 4 is 69.2 Å². The number of fused-ring (bicyclic) bond motifs is 1. The van der Waals surface area contributed by atoms with E-state index in [4.69, 9.17) is 17.0 Å². The third-order valence-corrected chi connectivity index (χ3v) is 12.8. The van der Waals surface area contributed by atoms with Crippen LogP contribution in [0.25, 0.3) is 10.9 Å². The number of rotatable bonds is 10. The number of carbonyl (C=O) groups excluding carboxylic acids is 4. The molecule has 4 aliphatic rings. The monoisotopic (exact) mass is 850 g/mol. The molecule has 19 heteroatoms. The second-order valence-electron chi connectivity index (χ2n) is 16.8. The van der Waals surface area contributed by atoms with Crippen molar-refractivity contribution < 1.29 is 37.1 Å². The summed E-state index contributed by atoms with van der Waals surface area (Å²) in [5, 5.41) is 19.9. The number of nitriles is 1. The fourth-order valence-electron chi connectivity index (χ4n) is 9.46. The van der Waals surface area contributed by atoms with Crippen molar-refractivity contribution in [3.05, 3.63) is 41.7 Å². The number of ether oxygens (including phenoxy) is 1. The quantitative estimate of drug-likeness (QED) is 0.235. The summed E-state index contributed by atoms with van der Waals surface area (Å²) in [6.45, 7) is 8.75. The summed E-state index contributed by atoms with van der Waals surface area (Å²) in [7, 11) is 1.75. The van der Waals surface area contributed by atoms with Crippen LogP contribution in [0.3, 0.4) is 0 Å². The van der Waals surface area contributed by atoms with Gasteiger partial charge in [0.15, 0.2) is 16.6 Å². The minimum atomic E-state index is -4.83. The molecule has 15 nitrogen and oxygen atoms in total. The summed E-state index contributed by atoms with van der Waals surface area (Å²) in [6.07, 6.45) is 2.05. The number of thiocarbonyl (C=S) groups is 1. The summed E-state index contributed by atoms with van der Waals surface area (Å²) in [4.78, 5) is 61.6. The Hall–Kier alpha value is -5.19. The number of imide groups is 1. The SMILES string of the molecule is C[C@@H]1CC(CCO[C@H]2CC[C@H](N3C(=S)N(c4cnc(C#N)c(C(F)(F)F)c4)C(=O)C3(C)C)CC2)C[C@H](C)N1CC(=O)Nc1cccc2c(N3CCC(=O)NC3=O)nn(C)c12. The van der Waals surface area contributed by atoms with Crippen molar-refractivity contribution in [1.82, 2.24) is 29.9 Å². The Morgan fingerprint density at radius 1 is 1.12 bits per heavy atom. The number of amides is 5. The molecule has 3 aliphatic heterocycles. The molecule has 7 rings (SSSR count). The normalized spacial score (nSPS) is 25.2. The Morgan fingerprint density at radius 2 is 1.82 bits per heavy atom. The zero-order chi connectivity index (χ0) is 43.3. The first-order chi connectivity index (χ1) is 28.4. The second kappa shape index (κ2) is 16.7. The van der Waals surface area contributed by atoms with E-state index < -0.39 is 34.9 Å². The minimum Gasteiger partial charge on any atom is -0.378 e. The molecule has 1 saturated carbocycles. The number of aryl methyl sites for hydroxylation is 1. The van der Waals surface area contributed by atoms with E-state index in [1.807, 2.05) is 17.0 Å². The van der Waals surface area contributed by atoms with Crippen LogP contribution in [0.15, 0.2) is 30.5 Å². The zero-order valence-electron chi connectivity index (χ0n) is 34.2. The largest absolute Gasteiger partial charge is 0.419 e.